The van der Waals surface area contributed by atoms with E-state index in [1.54, 1.807) is 12.1 Å². The number of carbonyl (C=O) groups excluding carboxylic acids is 1. The topological polar surface area (TPSA) is 64.1 Å². The van der Waals surface area contributed by atoms with Crippen LogP contribution in [-0.2, 0) is 11.3 Å². The van der Waals surface area contributed by atoms with Gasteiger partial charge in [0.25, 0.3) is 0 Å². The van der Waals surface area contributed by atoms with Gasteiger partial charge >= 0.3 is 5.97 Å². The minimum Gasteiger partial charge on any atom is -0.464 e. The number of benzene rings is 1. The van der Waals surface area contributed by atoms with E-state index >= 15 is 0 Å². The first kappa shape index (κ1) is 14.4. The first-order chi connectivity index (χ1) is 9.60. The van der Waals surface area contributed by atoms with Crippen LogP contribution in [0.5, 0.6) is 0 Å². The Bertz CT molecular complexity index is 620. The van der Waals surface area contributed by atoms with Crippen molar-refractivity contribution in [2.45, 2.75) is 6.54 Å². The summed E-state index contributed by atoms with van der Waals surface area (Å²) in [5.74, 6) is -0.372. The molecule has 0 atom stereocenters. The second-order valence-electron chi connectivity index (χ2n) is 3.88. The summed E-state index contributed by atoms with van der Waals surface area (Å²) in [6, 6.07) is 7.54. The number of aromatic nitrogens is 2. The van der Waals surface area contributed by atoms with E-state index in [9.17, 15) is 9.18 Å². The molecule has 0 radical (unpaired) electrons. The van der Waals surface area contributed by atoms with Gasteiger partial charge in [0, 0.05) is 11.0 Å². The molecule has 1 aromatic heterocycles. The number of hydrogen-bond acceptors (Lipinski definition) is 5. The Kier molecular flexibility index (Phi) is 4.62. The smallest absolute Gasteiger partial charge is 0.358 e. The van der Waals surface area contributed by atoms with Gasteiger partial charge in [-0.3, -0.25) is 0 Å². The van der Waals surface area contributed by atoms with Crippen molar-refractivity contribution in [2.24, 2.45) is 0 Å². The zero-order chi connectivity index (χ0) is 14.5. The molecule has 0 bridgehead atoms. The first-order valence-electron chi connectivity index (χ1n) is 5.70. The quantitative estimate of drug-likeness (QED) is 0.867. The van der Waals surface area contributed by atoms with Gasteiger partial charge in [0.15, 0.2) is 5.69 Å². The van der Waals surface area contributed by atoms with Crippen molar-refractivity contribution < 1.29 is 13.9 Å². The predicted octanol–water partition coefficient (Wildman–Crippen LogP) is 2.78. The summed E-state index contributed by atoms with van der Waals surface area (Å²) in [6.07, 6.45) is 0. The van der Waals surface area contributed by atoms with Crippen LogP contribution in [0.4, 0.5) is 10.2 Å². The summed E-state index contributed by atoms with van der Waals surface area (Å²) in [7, 11) is 1.28. The molecule has 1 N–H and O–H groups in total. The van der Waals surface area contributed by atoms with Crippen LogP contribution in [0.15, 0.2) is 34.8 Å². The fraction of sp³-hybridized carbons (Fsp3) is 0.154. The third kappa shape index (κ3) is 3.51. The highest BCUT2D eigenvalue weighted by molar-refractivity contribution is 9.10. The van der Waals surface area contributed by atoms with Gasteiger partial charge in [-0.15, -0.1) is 10.2 Å². The van der Waals surface area contributed by atoms with Gasteiger partial charge in [0.2, 0.25) is 0 Å². The molecule has 0 aliphatic carbocycles. The second kappa shape index (κ2) is 6.42. The molecule has 0 unspecified atom stereocenters. The summed E-state index contributed by atoms with van der Waals surface area (Å²) >= 11 is 3.34. The zero-order valence-corrected chi connectivity index (χ0v) is 12.1. The molecule has 0 spiro atoms. The highest BCUT2D eigenvalue weighted by atomic mass is 79.9. The van der Waals surface area contributed by atoms with Crippen molar-refractivity contribution in [1.29, 1.82) is 0 Å². The Morgan fingerprint density at radius 2 is 2.15 bits per heavy atom. The van der Waals surface area contributed by atoms with E-state index in [-0.39, 0.29) is 11.5 Å². The van der Waals surface area contributed by atoms with E-state index in [0.29, 0.717) is 12.4 Å². The van der Waals surface area contributed by atoms with E-state index in [4.69, 9.17) is 0 Å². The lowest BCUT2D eigenvalue weighted by Gasteiger charge is -2.07. The number of rotatable bonds is 4. The summed E-state index contributed by atoms with van der Waals surface area (Å²) in [5.41, 5.74) is 0.883. The van der Waals surface area contributed by atoms with Crippen LogP contribution >= 0.6 is 15.9 Å². The fourth-order valence-corrected chi connectivity index (χ4v) is 1.89. The van der Waals surface area contributed by atoms with Crippen molar-refractivity contribution in [1.82, 2.24) is 10.2 Å². The average molecular weight is 340 g/mol. The molecule has 1 heterocycles. The van der Waals surface area contributed by atoms with Gasteiger partial charge in [-0.05, 0) is 35.9 Å². The van der Waals surface area contributed by atoms with E-state index < -0.39 is 5.97 Å². The number of halogens is 2. The fourth-order valence-electron chi connectivity index (χ4n) is 1.50. The summed E-state index contributed by atoms with van der Waals surface area (Å²) in [4.78, 5) is 11.2. The molecular formula is C13H11BrFN3O2. The number of ether oxygens (including phenoxy) is 1. The van der Waals surface area contributed by atoms with E-state index in [2.05, 4.69) is 36.2 Å². The van der Waals surface area contributed by atoms with E-state index in [1.165, 1.54) is 25.3 Å². The van der Waals surface area contributed by atoms with Crippen LogP contribution in [0.1, 0.15) is 16.1 Å². The minimum atomic E-state index is -0.545. The lowest BCUT2D eigenvalue weighted by Crippen LogP contribution is -2.08. The second-order valence-corrected chi connectivity index (χ2v) is 4.74. The maximum atomic E-state index is 13.1. The molecule has 0 fully saturated rings. The highest BCUT2D eigenvalue weighted by Gasteiger charge is 2.08. The number of esters is 1. The molecule has 20 heavy (non-hydrogen) atoms. The Labute approximate surface area is 123 Å². The van der Waals surface area contributed by atoms with Gasteiger partial charge in [-0.25, -0.2) is 9.18 Å². The highest BCUT2D eigenvalue weighted by Crippen LogP contribution is 2.18. The number of nitrogens with zero attached hydrogens (tertiary/aromatic N) is 2. The molecule has 0 aliphatic rings. The molecule has 104 valence electrons. The average Bonchev–Trinajstić information content (AvgIpc) is 2.48. The number of hydrogen-bond donors (Lipinski definition) is 1. The minimum absolute atomic E-state index is 0.130. The number of nitrogens with one attached hydrogen (secondary N) is 1. The van der Waals surface area contributed by atoms with Gasteiger partial charge < -0.3 is 10.1 Å². The third-order valence-corrected chi connectivity index (χ3v) is 3.30. The van der Waals surface area contributed by atoms with E-state index in [0.717, 1.165) is 10.0 Å². The maximum absolute atomic E-state index is 13.1. The Morgan fingerprint density at radius 1 is 1.35 bits per heavy atom. The van der Waals surface area contributed by atoms with Gasteiger partial charge in [0.1, 0.15) is 11.6 Å². The normalized spacial score (nSPS) is 10.2. The SMILES string of the molecule is COC(=O)c1ccc(NCc2cc(F)ccc2Br)nn1. The lowest BCUT2D eigenvalue weighted by atomic mass is 10.2. The molecule has 0 amide bonds. The van der Waals surface area contributed by atoms with Gasteiger partial charge in [-0.1, -0.05) is 15.9 Å². The molecule has 7 heteroatoms. The molecule has 5 nitrogen and oxygen atoms in total. The lowest BCUT2D eigenvalue weighted by molar-refractivity contribution is 0.0593. The van der Waals surface area contributed by atoms with Crippen molar-refractivity contribution in [3.8, 4) is 0 Å². The molecule has 0 saturated heterocycles. The molecule has 1 aromatic carbocycles. The van der Waals surface area contributed by atoms with Crippen LogP contribution in [0, 0.1) is 5.82 Å². The standard InChI is InChI=1S/C13H11BrFN3O2/c1-20-13(19)11-4-5-12(18-17-11)16-7-8-6-9(15)2-3-10(8)14/h2-6H,7H2,1H3,(H,16,18). The zero-order valence-electron chi connectivity index (χ0n) is 10.6. The van der Waals surface area contributed by atoms with E-state index in [1.807, 2.05) is 0 Å². The van der Waals surface area contributed by atoms with Crippen LogP contribution in [0.25, 0.3) is 0 Å². The largest absolute Gasteiger partial charge is 0.464 e. The Balaban J connectivity index is 2.04. The molecular weight excluding hydrogens is 329 g/mol. The number of carbonyl (C=O) groups is 1. The van der Waals surface area contributed by atoms with Crippen molar-refractivity contribution in [3.05, 3.63) is 51.9 Å². The molecule has 0 aliphatic heterocycles. The van der Waals surface area contributed by atoms with Crippen LogP contribution in [0.3, 0.4) is 0 Å². The van der Waals surface area contributed by atoms with Crippen molar-refractivity contribution >= 4 is 27.7 Å². The summed E-state index contributed by atoms with van der Waals surface area (Å²) in [5, 5.41) is 10.6. The number of anilines is 1. The summed E-state index contributed by atoms with van der Waals surface area (Å²) in [6.45, 7) is 0.380. The third-order valence-electron chi connectivity index (χ3n) is 2.53. The predicted molar refractivity (Wildman–Crippen MR) is 74.8 cm³/mol. The van der Waals surface area contributed by atoms with Gasteiger partial charge in [0.05, 0.1) is 7.11 Å². The Hall–Kier alpha value is -2.02. The van der Waals surface area contributed by atoms with Crippen LogP contribution in [-0.4, -0.2) is 23.3 Å². The molecule has 2 aromatic rings. The van der Waals surface area contributed by atoms with Crippen LogP contribution < -0.4 is 5.32 Å². The van der Waals surface area contributed by atoms with Crippen LogP contribution in [0.2, 0.25) is 0 Å². The van der Waals surface area contributed by atoms with Crippen molar-refractivity contribution in [3.63, 3.8) is 0 Å². The monoisotopic (exact) mass is 339 g/mol. The van der Waals surface area contributed by atoms with Crippen molar-refractivity contribution in [2.75, 3.05) is 12.4 Å². The first-order valence-corrected chi connectivity index (χ1v) is 6.49. The number of methoxy groups -OCH3 is 1. The maximum Gasteiger partial charge on any atom is 0.358 e. The molecule has 2 rings (SSSR count). The molecule has 0 saturated carbocycles. The Morgan fingerprint density at radius 3 is 2.80 bits per heavy atom. The van der Waals surface area contributed by atoms with Gasteiger partial charge in [-0.2, -0.15) is 0 Å². The summed E-state index contributed by atoms with van der Waals surface area (Å²) < 4.78 is 18.4.